The van der Waals surface area contributed by atoms with Crippen LogP contribution >= 0.6 is 0 Å². The number of rotatable bonds is 3. The van der Waals surface area contributed by atoms with Crippen molar-refractivity contribution in [3.05, 3.63) is 175 Å². The number of fused-ring (bicyclic) bond motifs is 8. The van der Waals surface area contributed by atoms with Crippen molar-refractivity contribution in [1.29, 1.82) is 0 Å². The molecule has 0 radical (unpaired) electrons. The first-order chi connectivity index (χ1) is 24.3. The van der Waals surface area contributed by atoms with Crippen molar-refractivity contribution >= 4 is 43.7 Å². The molecule has 7 aromatic carbocycles. The first-order valence-corrected chi connectivity index (χ1v) is 16.8. The van der Waals surface area contributed by atoms with E-state index >= 15 is 0 Å². The lowest BCUT2D eigenvalue weighted by Gasteiger charge is -2.28. The van der Waals surface area contributed by atoms with E-state index in [4.69, 9.17) is 9.98 Å². The Morgan fingerprint density at radius 1 is 0.429 bits per heavy atom. The number of para-hydroxylation sites is 1. The summed E-state index contributed by atoms with van der Waals surface area (Å²) in [5.74, 6) is 0.102. The summed E-state index contributed by atoms with van der Waals surface area (Å²) >= 11 is 0. The molecule has 9 aromatic rings. The van der Waals surface area contributed by atoms with Gasteiger partial charge in [0, 0.05) is 17.3 Å². The summed E-state index contributed by atoms with van der Waals surface area (Å²) in [4.78, 5) is 14.8. The Morgan fingerprint density at radius 3 is 2.04 bits per heavy atom. The molecule has 0 N–H and O–H groups in total. The predicted octanol–water partition coefficient (Wildman–Crippen LogP) is 11.6. The lowest BCUT2D eigenvalue weighted by molar-refractivity contribution is 1.10. The number of aromatic nitrogens is 2. The minimum Gasteiger partial charge on any atom is -0.255 e. The van der Waals surface area contributed by atoms with Crippen LogP contribution in [0.25, 0.3) is 77.2 Å². The van der Waals surface area contributed by atoms with Crippen molar-refractivity contribution in [2.24, 2.45) is 4.99 Å². The Labute approximate surface area is 283 Å². The molecule has 49 heavy (non-hydrogen) atoms. The lowest BCUT2D eigenvalue weighted by Crippen LogP contribution is -2.18. The molecule has 11 rings (SSSR count). The van der Waals surface area contributed by atoms with Crippen LogP contribution in [0.3, 0.4) is 0 Å². The van der Waals surface area contributed by atoms with Gasteiger partial charge in [0.25, 0.3) is 0 Å². The van der Waals surface area contributed by atoms with Crippen LogP contribution in [0.4, 0.5) is 5.69 Å². The highest BCUT2D eigenvalue weighted by atomic mass is 14.8. The van der Waals surface area contributed by atoms with Gasteiger partial charge in [-0.2, -0.15) is 0 Å². The summed E-state index contributed by atoms with van der Waals surface area (Å²) in [6.45, 7) is 0. The monoisotopic (exact) mass is 621 g/mol. The minimum absolute atomic E-state index is 0.102. The maximum absolute atomic E-state index is 5.23. The van der Waals surface area contributed by atoms with E-state index in [0.717, 1.165) is 34.0 Å². The summed E-state index contributed by atoms with van der Waals surface area (Å²) in [5, 5.41) is 7.82. The summed E-state index contributed by atoms with van der Waals surface area (Å²) in [5.41, 5.74) is 14.6. The summed E-state index contributed by atoms with van der Waals surface area (Å²) < 4.78 is 0. The first kappa shape index (κ1) is 26.6. The fourth-order valence-corrected chi connectivity index (χ4v) is 8.30. The van der Waals surface area contributed by atoms with Crippen molar-refractivity contribution in [1.82, 2.24) is 9.97 Å². The molecule has 3 heterocycles. The zero-order valence-electron chi connectivity index (χ0n) is 26.4. The Bertz CT molecular complexity index is 2820. The molecule has 1 unspecified atom stereocenters. The van der Waals surface area contributed by atoms with Crippen LogP contribution in [0.15, 0.2) is 163 Å². The largest absolute Gasteiger partial charge is 0.255 e. The molecule has 3 heteroatoms. The van der Waals surface area contributed by atoms with Crippen LogP contribution in [-0.2, 0) is 0 Å². The molecule has 1 aliphatic heterocycles. The molecule has 2 aromatic heterocycles. The summed E-state index contributed by atoms with van der Waals surface area (Å²) in [6, 6.07) is 54.8. The highest BCUT2D eigenvalue weighted by molar-refractivity contribution is 6.25. The second-order valence-corrected chi connectivity index (χ2v) is 13.1. The van der Waals surface area contributed by atoms with Gasteiger partial charge < -0.3 is 0 Å². The van der Waals surface area contributed by atoms with Gasteiger partial charge in [0.05, 0.1) is 34.4 Å². The Hall–Kier alpha value is -6.45. The molecule has 0 saturated carbocycles. The van der Waals surface area contributed by atoms with Gasteiger partial charge in [0.2, 0.25) is 0 Å². The van der Waals surface area contributed by atoms with Crippen LogP contribution in [0.2, 0.25) is 0 Å². The maximum atomic E-state index is 5.23. The van der Waals surface area contributed by atoms with Crippen LogP contribution in [0.5, 0.6) is 0 Å². The van der Waals surface area contributed by atoms with Crippen molar-refractivity contribution in [2.75, 3.05) is 0 Å². The van der Waals surface area contributed by atoms with Gasteiger partial charge in [-0.3, -0.25) is 9.98 Å². The van der Waals surface area contributed by atoms with Crippen LogP contribution < -0.4 is 0 Å². The van der Waals surface area contributed by atoms with E-state index in [1.54, 1.807) is 0 Å². The standard InChI is InChI=1S/C46H27N3/c1-2-10-40-36(9-1)45-34-22-18-30(32-20-16-29-15-14-27-7-5-8-28-17-21-33(32)44(29)43(27)28)25-37(34)38-26-31(19-23-35(38)46(45)49-40)39-12-6-13-42(48-39)41-11-3-4-24-47-41/h1-26,45H. The van der Waals surface area contributed by atoms with Crippen molar-refractivity contribution < 1.29 is 0 Å². The average molecular weight is 622 g/mol. The van der Waals surface area contributed by atoms with Crippen LogP contribution in [0, 0.1) is 0 Å². The third kappa shape index (κ3) is 3.87. The molecular weight excluding hydrogens is 595 g/mol. The maximum Gasteiger partial charge on any atom is 0.0893 e. The Balaban J connectivity index is 1.13. The molecule has 1 atom stereocenters. The molecule has 3 nitrogen and oxygen atoms in total. The topological polar surface area (TPSA) is 38.1 Å². The highest BCUT2D eigenvalue weighted by Gasteiger charge is 2.37. The lowest BCUT2D eigenvalue weighted by atomic mass is 9.74. The van der Waals surface area contributed by atoms with Gasteiger partial charge in [0.15, 0.2) is 0 Å². The third-order valence-electron chi connectivity index (χ3n) is 10.5. The minimum atomic E-state index is 0.102. The smallest absolute Gasteiger partial charge is 0.0893 e. The summed E-state index contributed by atoms with van der Waals surface area (Å²) in [6.07, 6.45) is 1.81. The van der Waals surface area contributed by atoms with Crippen molar-refractivity contribution in [2.45, 2.75) is 5.92 Å². The first-order valence-electron chi connectivity index (χ1n) is 16.8. The zero-order chi connectivity index (χ0) is 32.1. The summed E-state index contributed by atoms with van der Waals surface area (Å²) in [7, 11) is 0. The van der Waals surface area contributed by atoms with E-state index in [9.17, 15) is 0 Å². The number of benzene rings is 7. The molecular formula is C46H27N3. The Kier molecular flexibility index (Phi) is 5.44. The van der Waals surface area contributed by atoms with E-state index in [-0.39, 0.29) is 5.92 Å². The second kappa shape index (κ2) is 10.0. The molecule has 0 spiro atoms. The highest BCUT2D eigenvalue weighted by Crippen LogP contribution is 2.51. The van der Waals surface area contributed by atoms with Crippen LogP contribution in [0.1, 0.15) is 22.6 Å². The third-order valence-corrected chi connectivity index (χ3v) is 10.5. The van der Waals surface area contributed by atoms with Crippen molar-refractivity contribution in [3.8, 4) is 44.9 Å². The van der Waals surface area contributed by atoms with Gasteiger partial charge in [-0.15, -0.1) is 0 Å². The fraction of sp³-hybridized carbons (Fsp3) is 0.0217. The normalized spacial score (nSPS) is 14.4. The quantitative estimate of drug-likeness (QED) is 0.184. The SMILES string of the molecule is c1ccc(-c2cccc(-c3ccc4c(c3)-c3cc(-c5ccc6ccc7cccc8ccc5c6c78)ccc3C3C4=Nc4ccccc43)n2)nc1. The molecule has 2 aliphatic rings. The molecule has 226 valence electrons. The van der Waals surface area contributed by atoms with Gasteiger partial charge in [-0.25, -0.2) is 4.98 Å². The fourth-order valence-electron chi connectivity index (χ4n) is 8.30. The molecule has 1 aliphatic carbocycles. The molecule has 0 saturated heterocycles. The van der Waals surface area contributed by atoms with Gasteiger partial charge in [-0.1, -0.05) is 109 Å². The average Bonchev–Trinajstić information content (AvgIpc) is 3.57. The zero-order valence-corrected chi connectivity index (χ0v) is 26.4. The van der Waals surface area contributed by atoms with Crippen molar-refractivity contribution in [3.63, 3.8) is 0 Å². The molecule has 0 fully saturated rings. The van der Waals surface area contributed by atoms with Gasteiger partial charge in [-0.05, 0) is 108 Å². The van der Waals surface area contributed by atoms with Crippen LogP contribution in [-0.4, -0.2) is 15.7 Å². The predicted molar refractivity (Wildman–Crippen MR) is 202 cm³/mol. The van der Waals surface area contributed by atoms with E-state index in [1.165, 1.54) is 71.3 Å². The van der Waals surface area contributed by atoms with E-state index in [2.05, 4.69) is 132 Å². The van der Waals surface area contributed by atoms with E-state index in [1.807, 2.05) is 30.5 Å². The van der Waals surface area contributed by atoms with Gasteiger partial charge in [0.1, 0.15) is 0 Å². The Morgan fingerprint density at radius 2 is 1.14 bits per heavy atom. The second-order valence-electron chi connectivity index (χ2n) is 13.1. The number of aliphatic imine (C=N–C) groups is 1. The molecule has 0 amide bonds. The number of nitrogens with zero attached hydrogens (tertiary/aromatic N) is 3. The number of pyridine rings is 2. The molecule has 0 bridgehead atoms. The number of hydrogen-bond donors (Lipinski definition) is 0. The van der Waals surface area contributed by atoms with Gasteiger partial charge >= 0.3 is 0 Å². The number of hydrogen-bond acceptors (Lipinski definition) is 3. The van der Waals surface area contributed by atoms with E-state index < -0.39 is 0 Å². The van der Waals surface area contributed by atoms with E-state index in [0.29, 0.717) is 0 Å².